The van der Waals surface area contributed by atoms with E-state index in [-0.39, 0.29) is 11.6 Å². The molecule has 1 fully saturated rings. The monoisotopic (exact) mass is 272 g/mol. The SMILES string of the molecule is C=Cc1cc2cccc(C(=O)OC3(C)CCC3)c2s1. The Morgan fingerprint density at radius 1 is 1.47 bits per heavy atom. The van der Waals surface area contributed by atoms with Crippen molar-refractivity contribution in [2.45, 2.75) is 31.8 Å². The van der Waals surface area contributed by atoms with Crippen molar-refractivity contribution in [2.24, 2.45) is 0 Å². The average molecular weight is 272 g/mol. The predicted octanol–water partition coefficient (Wildman–Crippen LogP) is 4.64. The number of benzene rings is 1. The fraction of sp³-hybridized carbons (Fsp3) is 0.312. The van der Waals surface area contributed by atoms with Gasteiger partial charge < -0.3 is 4.74 Å². The number of hydrogen-bond acceptors (Lipinski definition) is 3. The van der Waals surface area contributed by atoms with E-state index >= 15 is 0 Å². The van der Waals surface area contributed by atoms with E-state index < -0.39 is 0 Å². The van der Waals surface area contributed by atoms with Crippen molar-refractivity contribution in [2.75, 3.05) is 0 Å². The van der Waals surface area contributed by atoms with Gasteiger partial charge in [-0.2, -0.15) is 0 Å². The van der Waals surface area contributed by atoms with Crippen LogP contribution in [-0.2, 0) is 4.74 Å². The van der Waals surface area contributed by atoms with E-state index in [0.717, 1.165) is 34.2 Å². The molecule has 0 aliphatic heterocycles. The highest BCUT2D eigenvalue weighted by Crippen LogP contribution is 2.37. The van der Waals surface area contributed by atoms with Gasteiger partial charge in [-0.3, -0.25) is 0 Å². The Bertz CT molecular complexity index is 650. The molecule has 2 aromatic rings. The lowest BCUT2D eigenvalue weighted by Crippen LogP contribution is -2.38. The Morgan fingerprint density at radius 2 is 2.26 bits per heavy atom. The summed E-state index contributed by atoms with van der Waals surface area (Å²) in [6, 6.07) is 7.81. The minimum atomic E-state index is -0.252. The van der Waals surface area contributed by atoms with E-state index in [2.05, 4.69) is 12.6 Å². The third kappa shape index (κ3) is 2.19. The molecule has 0 radical (unpaired) electrons. The van der Waals surface area contributed by atoms with Crippen LogP contribution in [0.2, 0.25) is 0 Å². The lowest BCUT2D eigenvalue weighted by atomic mass is 9.82. The van der Waals surface area contributed by atoms with Crippen molar-refractivity contribution in [1.29, 1.82) is 0 Å². The summed E-state index contributed by atoms with van der Waals surface area (Å²) < 4.78 is 6.64. The molecule has 19 heavy (non-hydrogen) atoms. The summed E-state index contributed by atoms with van der Waals surface area (Å²) in [5.41, 5.74) is 0.418. The summed E-state index contributed by atoms with van der Waals surface area (Å²) in [6.45, 7) is 5.79. The van der Waals surface area contributed by atoms with Crippen molar-refractivity contribution in [3.63, 3.8) is 0 Å². The molecule has 1 aromatic carbocycles. The second kappa shape index (κ2) is 4.49. The standard InChI is InChI=1S/C16H16O2S/c1-3-12-10-11-6-4-7-13(14(11)19-12)15(17)18-16(2)8-5-9-16/h3-4,6-7,10H,1,5,8-9H2,2H3. The van der Waals surface area contributed by atoms with Crippen molar-refractivity contribution in [1.82, 2.24) is 0 Å². The fourth-order valence-corrected chi connectivity index (χ4v) is 3.41. The zero-order chi connectivity index (χ0) is 13.5. The fourth-order valence-electron chi connectivity index (χ4n) is 2.40. The summed E-state index contributed by atoms with van der Waals surface area (Å²) in [5, 5.41) is 1.08. The van der Waals surface area contributed by atoms with E-state index in [1.165, 1.54) is 0 Å². The number of thiophene rings is 1. The molecule has 3 rings (SSSR count). The molecule has 0 amide bonds. The molecule has 0 saturated heterocycles. The first kappa shape index (κ1) is 12.4. The maximum atomic E-state index is 12.3. The Balaban J connectivity index is 1.97. The van der Waals surface area contributed by atoms with Gasteiger partial charge in [0.1, 0.15) is 5.60 Å². The molecule has 1 saturated carbocycles. The Kier molecular flexibility index (Phi) is 2.94. The molecule has 2 nitrogen and oxygen atoms in total. The molecule has 1 aliphatic rings. The lowest BCUT2D eigenvalue weighted by molar-refractivity contribution is -0.0496. The lowest BCUT2D eigenvalue weighted by Gasteiger charge is -2.37. The predicted molar refractivity (Wildman–Crippen MR) is 79.6 cm³/mol. The highest BCUT2D eigenvalue weighted by molar-refractivity contribution is 7.20. The van der Waals surface area contributed by atoms with E-state index in [0.29, 0.717) is 5.56 Å². The average Bonchev–Trinajstić information content (AvgIpc) is 2.79. The van der Waals surface area contributed by atoms with Gasteiger partial charge in [0.05, 0.1) is 5.56 Å². The number of ether oxygens (including phenoxy) is 1. The number of carbonyl (C=O) groups is 1. The first-order chi connectivity index (χ1) is 9.11. The maximum Gasteiger partial charge on any atom is 0.340 e. The summed E-state index contributed by atoms with van der Waals surface area (Å²) in [6.07, 6.45) is 4.90. The Labute approximate surface area is 116 Å². The molecular formula is C16H16O2S. The summed E-state index contributed by atoms with van der Waals surface area (Å²) in [7, 11) is 0. The molecule has 98 valence electrons. The number of fused-ring (bicyclic) bond motifs is 1. The topological polar surface area (TPSA) is 26.3 Å². The van der Waals surface area contributed by atoms with Crippen LogP contribution in [0.25, 0.3) is 16.2 Å². The van der Waals surface area contributed by atoms with Gasteiger partial charge in [-0.05, 0) is 43.7 Å². The zero-order valence-corrected chi connectivity index (χ0v) is 11.8. The van der Waals surface area contributed by atoms with Crippen LogP contribution in [-0.4, -0.2) is 11.6 Å². The Hall–Kier alpha value is -1.61. The van der Waals surface area contributed by atoms with Crippen LogP contribution < -0.4 is 0 Å². The molecule has 0 N–H and O–H groups in total. The first-order valence-electron chi connectivity index (χ1n) is 6.50. The van der Waals surface area contributed by atoms with Crippen LogP contribution in [0.3, 0.4) is 0 Å². The van der Waals surface area contributed by atoms with Crippen molar-refractivity contribution in [3.05, 3.63) is 41.3 Å². The zero-order valence-electron chi connectivity index (χ0n) is 10.9. The molecule has 1 aromatic heterocycles. The van der Waals surface area contributed by atoms with Crippen LogP contribution in [0.1, 0.15) is 41.4 Å². The summed E-state index contributed by atoms with van der Waals surface area (Å²) >= 11 is 1.58. The minimum absolute atomic E-state index is 0.203. The third-order valence-electron chi connectivity index (χ3n) is 3.73. The molecule has 1 heterocycles. The second-order valence-electron chi connectivity index (χ2n) is 5.27. The van der Waals surface area contributed by atoms with E-state index in [1.807, 2.05) is 31.2 Å². The quantitative estimate of drug-likeness (QED) is 0.761. The molecule has 0 bridgehead atoms. The van der Waals surface area contributed by atoms with Gasteiger partial charge in [0.2, 0.25) is 0 Å². The Morgan fingerprint density at radius 3 is 2.89 bits per heavy atom. The van der Waals surface area contributed by atoms with Gasteiger partial charge in [-0.1, -0.05) is 24.8 Å². The van der Waals surface area contributed by atoms with Crippen molar-refractivity contribution in [3.8, 4) is 0 Å². The van der Waals surface area contributed by atoms with Crippen LogP contribution in [0, 0.1) is 0 Å². The molecule has 3 heteroatoms. The first-order valence-corrected chi connectivity index (χ1v) is 7.31. The normalized spacial score (nSPS) is 16.9. The molecule has 1 aliphatic carbocycles. The number of carbonyl (C=O) groups excluding carboxylic acids is 1. The number of esters is 1. The van der Waals surface area contributed by atoms with Crippen LogP contribution in [0.5, 0.6) is 0 Å². The van der Waals surface area contributed by atoms with E-state index in [9.17, 15) is 4.79 Å². The largest absolute Gasteiger partial charge is 0.456 e. The highest BCUT2D eigenvalue weighted by Gasteiger charge is 2.36. The summed E-state index contributed by atoms with van der Waals surface area (Å²) in [5.74, 6) is -0.203. The van der Waals surface area contributed by atoms with Crippen molar-refractivity contribution >= 4 is 33.5 Å². The van der Waals surface area contributed by atoms with Crippen LogP contribution in [0.15, 0.2) is 30.8 Å². The van der Waals surface area contributed by atoms with E-state index in [1.54, 1.807) is 11.3 Å². The second-order valence-corrected chi connectivity index (χ2v) is 6.35. The van der Waals surface area contributed by atoms with E-state index in [4.69, 9.17) is 4.74 Å². The number of rotatable bonds is 3. The van der Waals surface area contributed by atoms with Crippen LogP contribution >= 0.6 is 11.3 Å². The number of hydrogen-bond donors (Lipinski definition) is 0. The van der Waals surface area contributed by atoms with Gasteiger partial charge in [0.25, 0.3) is 0 Å². The van der Waals surface area contributed by atoms with Gasteiger partial charge in [-0.15, -0.1) is 11.3 Å². The molecule has 0 spiro atoms. The molecule has 0 unspecified atom stereocenters. The maximum absolute atomic E-state index is 12.3. The molecular weight excluding hydrogens is 256 g/mol. The third-order valence-corrected chi connectivity index (χ3v) is 4.91. The van der Waals surface area contributed by atoms with Gasteiger partial charge >= 0.3 is 5.97 Å². The molecule has 0 atom stereocenters. The summed E-state index contributed by atoms with van der Waals surface area (Å²) in [4.78, 5) is 13.4. The minimum Gasteiger partial charge on any atom is -0.456 e. The van der Waals surface area contributed by atoms with Gasteiger partial charge in [-0.25, -0.2) is 4.79 Å². The van der Waals surface area contributed by atoms with Crippen molar-refractivity contribution < 1.29 is 9.53 Å². The van der Waals surface area contributed by atoms with Gasteiger partial charge in [0.15, 0.2) is 0 Å². The smallest absolute Gasteiger partial charge is 0.340 e. The van der Waals surface area contributed by atoms with Gasteiger partial charge in [0, 0.05) is 9.58 Å². The highest BCUT2D eigenvalue weighted by atomic mass is 32.1. The van der Waals surface area contributed by atoms with Crippen LogP contribution in [0.4, 0.5) is 0 Å².